The number of aliphatic carboxylic acids is 2. The molecule has 7 heteroatoms. The maximum Gasteiger partial charge on any atom is 0.414 e. The Bertz CT molecular complexity index is 1040. The van der Waals surface area contributed by atoms with Crippen LogP contribution in [0.5, 0.6) is 0 Å². The zero-order chi connectivity index (χ0) is 21.5. The van der Waals surface area contributed by atoms with Gasteiger partial charge in [-0.15, -0.1) is 0 Å². The van der Waals surface area contributed by atoms with E-state index in [4.69, 9.17) is 24.8 Å². The molecule has 2 N–H and O–H groups in total. The highest BCUT2D eigenvalue weighted by Crippen LogP contribution is 2.27. The van der Waals surface area contributed by atoms with Crippen LogP contribution < -0.4 is 0 Å². The van der Waals surface area contributed by atoms with Gasteiger partial charge in [-0.05, 0) is 61.6 Å². The van der Waals surface area contributed by atoms with Crippen molar-refractivity contribution in [2.75, 3.05) is 0 Å². The van der Waals surface area contributed by atoms with Crippen LogP contribution in [0.2, 0.25) is 0 Å². The third-order valence-electron chi connectivity index (χ3n) is 5.06. The van der Waals surface area contributed by atoms with Crippen molar-refractivity contribution >= 4 is 29.0 Å². The highest BCUT2D eigenvalue weighted by atomic mass is 16.4. The number of allylic oxidation sites excluding steroid dienone is 1. The van der Waals surface area contributed by atoms with Crippen LogP contribution in [-0.4, -0.2) is 36.7 Å². The predicted octanol–water partition coefficient (Wildman–Crippen LogP) is 4.48. The first kappa shape index (κ1) is 21.2. The van der Waals surface area contributed by atoms with Crippen LogP contribution >= 0.6 is 0 Å². The molecular formula is C23H25N3O4. The number of benzene rings is 1. The van der Waals surface area contributed by atoms with Gasteiger partial charge in [-0.1, -0.05) is 37.5 Å². The summed E-state index contributed by atoms with van der Waals surface area (Å²) in [5.41, 5.74) is 3.38. The smallest absolute Gasteiger partial charge is 0.414 e. The van der Waals surface area contributed by atoms with Gasteiger partial charge in [-0.2, -0.15) is 0 Å². The molecule has 0 atom stereocenters. The van der Waals surface area contributed by atoms with E-state index in [1.54, 1.807) is 0 Å². The van der Waals surface area contributed by atoms with E-state index in [9.17, 15) is 0 Å². The standard InChI is InChI=1S/C21H23N3.C2H2O4/c1-16-10-12-19-18(15-16)23-21(13-11-17-7-3-2-4-8-17)24(19)20-9-5-6-14-22-20;3-1(4)2(5)6/h5-6,9-15,17H,2-4,7-8H2,1H3;(H,3,4)(H,5,6)/b13-11+;. The van der Waals surface area contributed by atoms with Crippen molar-refractivity contribution in [2.45, 2.75) is 39.0 Å². The molecule has 1 aliphatic rings. The van der Waals surface area contributed by atoms with Crippen LogP contribution in [0.15, 0.2) is 48.7 Å². The summed E-state index contributed by atoms with van der Waals surface area (Å²) in [5, 5.41) is 14.8. The number of rotatable bonds is 3. The Kier molecular flexibility index (Phi) is 6.95. The molecule has 4 rings (SSSR count). The molecule has 0 unspecified atom stereocenters. The summed E-state index contributed by atoms with van der Waals surface area (Å²) in [4.78, 5) is 27.6. The van der Waals surface area contributed by atoms with Crippen molar-refractivity contribution < 1.29 is 19.8 Å². The number of pyridine rings is 1. The molecule has 0 bridgehead atoms. The molecule has 3 aromatic rings. The van der Waals surface area contributed by atoms with Gasteiger partial charge in [0, 0.05) is 6.20 Å². The van der Waals surface area contributed by atoms with Gasteiger partial charge >= 0.3 is 11.9 Å². The lowest BCUT2D eigenvalue weighted by molar-refractivity contribution is -0.159. The molecule has 0 spiro atoms. The molecule has 1 aromatic carbocycles. The van der Waals surface area contributed by atoms with E-state index in [2.05, 4.69) is 46.8 Å². The highest BCUT2D eigenvalue weighted by Gasteiger charge is 2.14. The Morgan fingerprint density at radius 3 is 2.43 bits per heavy atom. The summed E-state index contributed by atoms with van der Waals surface area (Å²) >= 11 is 0. The van der Waals surface area contributed by atoms with Gasteiger partial charge in [0.1, 0.15) is 11.6 Å². The lowest BCUT2D eigenvalue weighted by atomic mass is 9.89. The van der Waals surface area contributed by atoms with Crippen molar-refractivity contribution in [3.8, 4) is 5.82 Å². The minimum absolute atomic E-state index is 0.692. The number of carbonyl (C=O) groups is 2. The normalized spacial score (nSPS) is 14.4. The third-order valence-corrected chi connectivity index (χ3v) is 5.06. The SMILES string of the molecule is Cc1ccc2c(c1)nc(/C=C/C1CCCCC1)n2-c1ccccn1.O=C(O)C(=O)O. The van der Waals surface area contributed by atoms with Gasteiger partial charge in [0.05, 0.1) is 11.0 Å². The number of imidazole rings is 1. The molecule has 30 heavy (non-hydrogen) atoms. The Morgan fingerprint density at radius 1 is 1.07 bits per heavy atom. The molecule has 0 radical (unpaired) electrons. The summed E-state index contributed by atoms with van der Waals surface area (Å²) < 4.78 is 2.16. The summed E-state index contributed by atoms with van der Waals surface area (Å²) in [6, 6.07) is 12.4. The molecule has 0 aliphatic heterocycles. The first-order valence-electron chi connectivity index (χ1n) is 10.0. The summed E-state index contributed by atoms with van der Waals surface area (Å²) in [7, 11) is 0. The molecule has 1 fully saturated rings. The highest BCUT2D eigenvalue weighted by molar-refractivity contribution is 6.27. The zero-order valence-electron chi connectivity index (χ0n) is 16.9. The average molecular weight is 407 g/mol. The van der Waals surface area contributed by atoms with E-state index >= 15 is 0 Å². The van der Waals surface area contributed by atoms with Gasteiger partial charge in [0.15, 0.2) is 0 Å². The van der Waals surface area contributed by atoms with Crippen LogP contribution in [-0.2, 0) is 9.59 Å². The van der Waals surface area contributed by atoms with Crippen molar-refractivity contribution in [3.63, 3.8) is 0 Å². The molecule has 0 saturated heterocycles. The first-order valence-corrected chi connectivity index (χ1v) is 10.0. The fraction of sp³-hybridized carbons (Fsp3) is 0.304. The van der Waals surface area contributed by atoms with E-state index in [-0.39, 0.29) is 0 Å². The Balaban J connectivity index is 0.000000377. The number of aromatic nitrogens is 3. The Hall–Kier alpha value is -3.48. The van der Waals surface area contributed by atoms with E-state index in [1.807, 2.05) is 24.4 Å². The molecule has 7 nitrogen and oxygen atoms in total. The van der Waals surface area contributed by atoms with Crippen LogP contribution in [0.25, 0.3) is 22.9 Å². The van der Waals surface area contributed by atoms with Gasteiger partial charge in [0.2, 0.25) is 0 Å². The van der Waals surface area contributed by atoms with Gasteiger partial charge < -0.3 is 10.2 Å². The van der Waals surface area contributed by atoms with Crippen LogP contribution in [0, 0.1) is 12.8 Å². The summed E-state index contributed by atoms with van der Waals surface area (Å²) in [6.45, 7) is 2.11. The third kappa shape index (κ3) is 5.31. The van der Waals surface area contributed by atoms with E-state index in [1.165, 1.54) is 37.7 Å². The summed E-state index contributed by atoms with van der Waals surface area (Å²) in [6.07, 6.45) is 13.1. The maximum atomic E-state index is 9.10. The van der Waals surface area contributed by atoms with Crippen LogP contribution in [0.3, 0.4) is 0 Å². The number of carboxylic acids is 2. The maximum absolute atomic E-state index is 9.10. The van der Waals surface area contributed by atoms with E-state index < -0.39 is 11.9 Å². The second-order valence-corrected chi connectivity index (χ2v) is 7.35. The fourth-order valence-electron chi connectivity index (χ4n) is 3.60. The number of carboxylic acid groups (broad SMARTS) is 2. The van der Waals surface area contributed by atoms with Crippen molar-refractivity contribution in [1.82, 2.24) is 14.5 Å². The van der Waals surface area contributed by atoms with E-state index in [0.29, 0.717) is 5.92 Å². The summed E-state index contributed by atoms with van der Waals surface area (Å²) in [5.74, 6) is -1.06. The minimum Gasteiger partial charge on any atom is -0.473 e. The van der Waals surface area contributed by atoms with Gasteiger partial charge in [-0.25, -0.2) is 19.6 Å². The Labute approximate surface area is 174 Å². The van der Waals surface area contributed by atoms with Crippen molar-refractivity contribution in [1.29, 1.82) is 0 Å². The lowest BCUT2D eigenvalue weighted by Crippen LogP contribution is -2.09. The molecule has 1 saturated carbocycles. The quantitative estimate of drug-likeness (QED) is 0.620. The predicted molar refractivity (Wildman–Crippen MR) is 114 cm³/mol. The van der Waals surface area contributed by atoms with Crippen molar-refractivity contribution in [3.05, 3.63) is 60.1 Å². The van der Waals surface area contributed by atoms with Gasteiger partial charge in [-0.3, -0.25) is 4.57 Å². The Morgan fingerprint density at radius 2 is 1.80 bits per heavy atom. The number of aryl methyl sites for hydroxylation is 1. The van der Waals surface area contributed by atoms with Gasteiger partial charge in [0.25, 0.3) is 0 Å². The van der Waals surface area contributed by atoms with Crippen LogP contribution in [0.1, 0.15) is 43.5 Å². The fourth-order valence-corrected chi connectivity index (χ4v) is 3.60. The second-order valence-electron chi connectivity index (χ2n) is 7.35. The van der Waals surface area contributed by atoms with Crippen molar-refractivity contribution in [2.24, 2.45) is 5.92 Å². The number of nitrogens with zero attached hydrogens (tertiary/aromatic N) is 3. The molecule has 2 aromatic heterocycles. The molecular weight excluding hydrogens is 382 g/mol. The van der Waals surface area contributed by atoms with E-state index in [0.717, 1.165) is 22.7 Å². The molecule has 2 heterocycles. The largest absolute Gasteiger partial charge is 0.473 e. The lowest BCUT2D eigenvalue weighted by Gasteiger charge is -2.17. The first-order chi connectivity index (χ1) is 14.5. The average Bonchev–Trinajstić information content (AvgIpc) is 3.11. The second kappa shape index (κ2) is 9.82. The number of hydrogen-bond acceptors (Lipinski definition) is 4. The number of fused-ring (bicyclic) bond motifs is 1. The molecule has 1 aliphatic carbocycles. The van der Waals surface area contributed by atoms with Crippen LogP contribution in [0.4, 0.5) is 0 Å². The minimum atomic E-state index is -1.82. The molecule has 0 amide bonds. The molecule has 156 valence electrons. The zero-order valence-corrected chi connectivity index (χ0v) is 16.9. The number of hydrogen-bond donors (Lipinski definition) is 2. The monoisotopic (exact) mass is 407 g/mol. The topological polar surface area (TPSA) is 105 Å².